The first kappa shape index (κ1) is 17.5. The Labute approximate surface area is 149 Å². The lowest BCUT2D eigenvalue weighted by molar-refractivity contribution is -0.137. The lowest BCUT2D eigenvalue weighted by atomic mass is 10.0. The van der Waals surface area contributed by atoms with Crippen molar-refractivity contribution in [3.63, 3.8) is 0 Å². The van der Waals surface area contributed by atoms with Crippen molar-refractivity contribution >= 4 is 17.7 Å². The molecule has 2 N–H and O–H groups in total. The maximum Gasteiger partial charge on any atom is 0.303 e. The second-order valence-corrected chi connectivity index (χ2v) is 6.06. The van der Waals surface area contributed by atoms with E-state index in [4.69, 9.17) is 5.11 Å². The zero-order valence-electron chi connectivity index (χ0n) is 14.5. The summed E-state index contributed by atoms with van der Waals surface area (Å²) in [6.07, 6.45) is 0.215. The molecule has 0 fully saturated rings. The van der Waals surface area contributed by atoms with Gasteiger partial charge in [0.15, 0.2) is 0 Å². The number of aliphatic carboxylic acids is 1. The molecule has 8 nitrogen and oxygen atoms in total. The molecule has 2 heterocycles. The molecule has 26 heavy (non-hydrogen) atoms. The number of aromatic nitrogens is 4. The minimum atomic E-state index is -0.915. The van der Waals surface area contributed by atoms with Gasteiger partial charge in [-0.15, -0.1) is 5.10 Å². The van der Waals surface area contributed by atoms with Gasteiger partial charge in [-0.05, 0) is 31.9 Å². The maximum atomic E-state index is 12.6. The number of hydrogen-bond donors (Lipinski definition) is 2. The van der Waals surface area contributed by atoms with Crippen LogP contribution in [-0.4, -0.2) is 36.6 Å². The fourth-order valence-corrected chi connectivity index (χ4v) is 2.76. The highest BCUT2D eigenvalue weighted by molar-refractivity contribution is 5.91. The number of nitrogens with one attached hydrogen (secondary N) is 1. The van der Waals surface area contributed by atoms with Crippen LogP contribution in [0.5, 0.6) is 0 Å². The molecule has 8 heteroatoms. The summed E-state index contributed by atoms with van der Waals surface area (Å²) in [7, 11) is 0. The first-order chi connectivity index (χ1) is 12.4. The van der Waals surface area contributed by atoms with Crippen LogP contribution in [0, 0.1) is 13.8 Å². The quantitative estimate of drug-likeness (QED) is 0.702. The molecule has 0 radical (unpaired) electrons. The van der Waals surface area contributed by atoms with Gasteiger partial charge >= 0.3 is 5.97 Å². The lowest BCUT2D eigenvalue weighted by Gasteiger charge is -2.17. The topological polar surface area (TPSA) is 109 Å². The molecule has 0 saturated carbocycles. The van der Waals surface area contributed by atoms with Crippen LogP contribution >= 0.6 is 0 Å². The van der Waals surface area contributed by atoms with Crippen molar-refractivity contribution in [1.82, 2.24) is 24.9 Å². The average molecular weight is 353 g/mol. The minimum Gasteiger partial charge on any atom is -0.481 e. The molecule has 0 aliphatic carbocycles. The summed E-state index contributed by atoms with van der Waals surface area (Å²) in [5.74, 6) is -1.02. The molecular formula is C18H19N5O3. The maximum absolute atomic E-state index is 12.6. The summed E-state index contributed by atoms with van der Waals surface area (Å²) >= 11 is 0. The Morgan fingerprint density at radius 2 is 1.92 bits per heavy atom. The van der Waals surface area contributed by atoms with Crippen molar-refractivity contribution in [1.29, 1.82) is 0 Å². The number of amides is 1. The third-order valence-electron chi connectivity index (χ3n) is 3.98. The van der Waals surface area contributed by atoms with Crippen LogP contribution in [-0.2, 0) is 4.79 Å². The van der Waals surface area contributed by atoms with Crippen LogP contribution < -0.4 is 5.32 Å². The van der Waals surface area contributed by atoms with Gasteiger partial charge in [0.05, 0.1) is 6.04 Å². The summed E-state index contributed by atoms with van der Waals surface area (Å²) < 4.78 is 1.51. The van der Waals surface area contributed by atoms with E-state index >= 15 is 0 Å². The van der Waals surface area contributed by atoms with Gasteiger partial charge in [-0.1, -0.05) is 30.3 Å². The number of carbonyl (C=O) groups excluding carboxylic acids is 1. The van der Waals surface area contributed by atoms with Gasteiger partial charge in [-0.3, -0.25) is 9.59 Å². The van der Waals surface area contributed by atoms with Crippen molar-refractivity contribution in [3.05, 3.63) is 59.2 Å². The molecule has 1 atom stereocenters. The van der Waals surface area contributed by atoms with Gasteiger partial charge < -0.3 is 10.4 Å². The molecule has 0 aliphatic heterocycles. The summed E-state index contributed by atoms with van der Waals surface area (Å²) in [6.45, 7) is 3.70. The van der Waals surface area contributed by atoms with E-state index in [0.717, 1.165) is 17.0 Å². The Morgan fingerprint density at radius 3 is 2.62 bits per heavy atom. The number of rotatable bonds is 6. The Bertz CT molecular complexity index is 952. The second-order valence-electron chi connectivity index (χ2n) is 6.06. The molecule has 1 aromatic carbocycles. The number of carboxylic acids is 1. The Morgan fingerprint density at radius 1 is 1.19 bits per heavy atom. The van der Waals surface area contributed by atoms with Gasteiger partial charge in [-0.2, -0.15) is 4.98 Å². The molecule has 2 aromatic heterocycles. The molecule has 1 unspecified atom stereocenters. The molecule has 3 aromatic rings. The van der Waals surface area contributed by atoms with Gasteiger partial charge in [0.1, 0.15) is 0 Å². The Balaban J connectivity index is 1.85. The largest absolute Gasteiger partial charge is 0.481 e. The third-order valence-corrected chi connectivity index (χ3v) is 3.98. The number of nitrogens with zero attached hydrogens (tertiary/aromatic N) is 4. The highest BCUT2D eigenvalue weighted by Crippen LogP contribution is 2.19. The molecule has 0 spiro atoms. The normalized spacial score (nSPS) is 12.1. The first-order valence-corrected chi connectivity index (χ1v) is 8.22. The van der Waals surface area contributed by atoms with E-state index < -0.39 is 17.9 Å². The standard InChI is InChI=1S/C18H19N5O3/c1-11-10-12(2)23-18(19-11)21-16(22-23)17(26)20-14(8-9-15(24)25)13-6-4-3-5-7-13/h3-7,10,14H,8-9H2,1-2H3,(H,20,26)(H,24,25). The molecule has 0 bridgehead atoms. The fourth-order valence-electron chi connectivity index (χ4n) is 2.76. The van der Waals surface area contributed by atoms with Crippen LogP contribution in [0.4, 0.5) is 0 Å². The van der Waals surface area contributed by atoms with E-state index in [9.17, 15) is 9.59 Å². The average Bonchev–Trinajstić information content (AvgIpc) is 3.03. The smallest absolute Gasteiger partial charge is 0.303 e. The Hall–Kier alpha value is -3.29. The summed E-state index contributed by atoms with van der Waals surface area (Å²) in [4.78, 5) is 32.0. The number of aryl methyl sites for hydroxylation is 2. The van der Waals surface area contributed by atoms with E-state index in [-0.39, 0.29) is 18.7 Å². The fraction of sp³-hybridized carbons (Fsp3) is 0.278. The van der Waals surface area contributed by atoms with E-state index in [0.29, 0.717) is 5.78 Å². The summed E-state index contributed by atoms with van der Waals surface area (Å²) in [5.41, 5.74) is 2.44. The first-order valence-electron chi connectivity index (χ1n) is 8.22. The summed E-state index contributed by atoms with van der Waals surface area (Å²) in [6, 6.07) is 10.6. The highest BCUT2D eigenvalue weighted by Gasteiger charge is 2.20. The van der Waals surface area contributed by atoms with E-state index in [1.807, 2.05) is 50.2 Å². The lowest BCUT2D eigenvalue weighted by Crippen LogP contribution is -2.30. The van der Waals surface area contributed by atoms with Gasteiger partial charge in [0.25, 0.3) is 11.7 Å². The van der Waals surface area contributed by atoms with Crippen LogP contribution in [0.15, 0.2) is 36.4 Å². The zero-order chi connectivity index (χ0) is 18.7. The van der Waals surface area contributed by atoms with Crippen molar-refractivity contribution in [2.75, 3.05) is 0 Å². The van der Waals surface area contributed by atoms with Crippen molar-refractivity contribution < 1.29 is 14.7 Å². The van der Waals surface area contributed by atoms with Crippen molar-refractivity contribution in [2.45, 2.75) is 32.7 Å². The predicted octanol–water partition coefficient (Wildman–Crippen LogP) is 2.08. The number of carboxylic acid groups (broad SMARTS) is 1. The van der Waals surface area contributed by atoms with Crippen molar-refractivity contribution in [2.24, 2.45) is 0 Å². The molecule has 0 aliphatic rings. The van der Waals surface area contributed by atoms with E-state index in [1.54, 1.807) is 0 Å². The molecule has 1 amide bonds. The zero-order valence-corrected chi connectivity index (χ0v) is 14.5. The Kier molecular flexibility index (Phi) is 4.92. The van der Waals surface area contributed by atoms with E-state index in [2.05, 4.69) is 20.4 Å². The number of benzene rings is 1. The predicted molar refractivity (Wildman–Crippen MR) is 93.8 cm³/mol. The van der Waals surface area contributed by atoms with Crippen LogP contribution in [0.2, 0.25) is 0 Å². The van der Waals surface area contributed by atoms with Crippen LogP contribution in [0.1, 0.15) is 46.5 Å². The monoisotopic (exact) mass is 353 g/mol. The van der Waals surface area contributed by atoms with E-state index in [1.165, 1.54) is 4.52 Å². The minimum absolute atomic E-state index is 0.00227. The molecular weight excluding hydrogens is 334 g/mol. The summed E-state index contributed by atoms with van der Waals surface area (Å²) in [5, 5.41) is 16.0. The number of hydrogen-bond acceptors (Lipinski definition) is 5. The van der Waals surface area contributed by atoms with Gasteiger partial charge in [0, 0.05) is 17.8 Å². The molecule has 3 rings (SSSR count). The SMILES string of the molecule is Cc1cc(C)n2nc(C(=O)NC(CCC(=O)O)c3ccccc3)nc2n1. The van der Waals surface area contributed by atoms with Crippen LogP contribution in [0.25, 0.3) is 5.78 Å². The van der Waals surface area contributed by atoms with Crippen molar-refractivity contribution in [3.8, 4) is 0 Å². The third kappa shape index (κ3) is 3.85. The number of carbonyl (C=O) groups is 2. The molecule has 134 valence electrons. The van der Waals surface area contributed by atoms with Gasteiger partial charge in [-0.25, -0.2) is 9.50 Å². The van der Waals surface area contributed by atoms with Crippen LogP contribution in [0.3, 0.4) is 0 Å². The highest BCUT2D eigenvalue weighted by atomic mass is 16.4. The molecule has 0 saturated heterocycles. The number of fused-ring (bicyclic) bond motifs is 1. The second kappa shape index (κ2) is 7.30. The van der Waals surface area contributed by atoms with Gasteiger partial charge in [0.2, 0.25) is 5.82 Å².